The van der Waals surface area contributed by atoms with Gasteiger partial charge in [0, 0.05) is 19.6 Å². The molecule has 1 fully saturated rings. The average Bonchev–Trinajstić information content (AvgIpc) is 2.94. The molecule has 2 rings (SSSR count). The molecule has 20 heavy (non-hydrogen) atoms. The lowest BCUT2D eigenvalue weighted by Gasteiger charge is -2.18. The van der Waals surface area contributed by atoms with Crippen LogP contribution in [-0.4, -0.2) is 35.4 Å². The van der Waals surface area contributed by atoms with Crippen LogP contribution in [0, 0.1) is 11.7 Å². The minimum absolute atomic E-state index is 0.119. The van der Waals surface area contributed by atoms with E-state index in [1.54, 1.807) is 0 Å². The Morgan fingerprint density at radius 3 is 3.00 bits per heavy atom. The highest BCUT2D eigenvalue weighted by Crippen LogP contribution is 2.23. The summed E-state index contributed by atoms with van der Waals surface area (Å²) in [6.45, 7) is 6.40. The van der Waals surface area contributed by atoms with Crippen LogP contribution in [0.25, 0.3) is 0 Å². The van der Waals surface area contributed by atoms with Crippen LogP contribution in [0.1, 0.15) is 43.5 Å². The highest BCUT2D eigenvalue weighted by molar-refractivity contribution is 5.98. The Bertz CT molecular complexity index is 478. The van der Waals surface area contributed by atoms with Gasteiger partial charge in [-0.2, -0.15) is 0 Å². The largest absolute Gasteiger partial charge is 0.369 e. The zero-order valence-electron chi connectivity index (χ0n) is 12.2. The molecule has 1 saturated heterocycles. The van der Waals surface area contributed by atoms with Crippen LogP contribution in [0.15, 0.2) is 12.3 Å². The molecule has 5 heteroatoms. The quantitative estimate of drug-likeness (QED) is 0.901. The lowest BCUT2D eigenvalue weighted by molar-refractivity contribution is 0.0787. The second-order valence-electron chi connectivity index (χ2n) is 5.29. The first-order chi connectivity index (χ1) is 9.65. The van der Waals surface area contributed by atoms with E-state index in [4.69, 9.17) is 0 Å². The summed E-state index contributed by atoms with van der Waals surface area (Å²) in [4.78, 5) is 18.3. The summed E-state index contributed by atoms with van der Waals surface area (Å²) in [5, 5.41) is 3.09. The summed E-state index contributed by atoms with van der Waals surface area (Å²) in [5.74, 6) is 0.457. The number of rotatable bonds is 5. The Hall–Kier alpha value is -1.65. The SMILES string of the molecule is CCCNc1ncc(F)cc1C(=O)N1CCC(CC)C1. The first kappa shape index (κ1) is 14.8. The molecule has 2 heterocycles. The van der Waals surface area contributed by atoms with Gasteiger partial charge in [0.25, 0.3) is 5.91 Å². The van der Waals surface area contributed by atoms with Gasteiger partial charge in [-0.3, -0.25) is 4.79 Å². The van der Waals surface area contributed by atoms with E-state index >= 15 is 0 Å². The number of hydrogen-bond donors (Lipinski definition) is 1. The first-order valence-corrected chi connectivity index (χ1v) is 7.34. The number of aromatic nitrogens is 1. The fraction of sp³-hybridized carbons (Fsp3) is 0.600. The third kappa shape index (κ3) is 3.26. The molecule has 0 radical (unpaired) electrons. The van der Waals surface area contributed by atoms with Crippen molar-refractivity contribution >= 4 is 11.7 Å². The Kier molecular flexibility index (Phi) is 4.93. The zero-order valence-corrected chi connectivity index (χ0v) is 12.2. The third-order valence-electron chi connectivity index (χ3n) is 3.78. The molecule has 1 aromatic rings. The van der Waals surface area contributed by atoms with Crippen molar-refractivity contribution in [3.63, 3.8) is 0 Å². The fourth-order valence-electron chi connectivity index (χ4n) is 2.51. The molecule has 1 unspecified atom stereocenters. The number of likely N-dealkylation sites (tertiary alicyclic amines) is 1. The van der Waals surface area contributed by atoms with Gasteiger partial charge >= 0.3 is 0 Å². The molecule has 110 valence electrons. The van der Waals surface area contributed by atoms with E-state index in [0.29, 0.717) is 17.3 Å². The molecular weight excluding hydrogens is 257 g/mol. The maximum Gasteiger partial charge on any atom is 0.257 e. The van der Waals surface area contributed by atoms with E-state index < -0.39 is 5.82 Å². The standard InChI is InChI=1S/C15H22FN3O/c1-3-6-17-14-13(8-12(16)9-18-14)15(20)19-7-5-11(4-2)10-19/h8-9,11H,3-7,10H2,1-2H3,(H,17,18). The van der Waals surface area contributed by atoms with E-state index in [1.165, 1.54) is 6.07 Å². The zero-order chi connectivity index (χ0) is 14.5. The molecule has 0 aromatic carbocycles. The van der Waals surface area contributed by atoms with Gasteiger partial charge in [-0.25, -0.2) is 9.37 Å². The predicted octanol–water partition coefficient (Wildman–Crippen LogP) is 2.91. The predicted molar refractivity (Wildman–Crippen MR) is 77.3 cm³/mol. The van der Waals surface area contributed by atoms with Gasteiger partial charge in [-0.1, -0.05) is 20.3 Å². The second kappa shape index (κ2) is 6.68. The number of nitrogens with zero attached hydrogens (tertiary/aromatic N) is 2. The molecule has 0 bridgehead atoms. The summed E-state index contributed by atoms with van der Waals surface area (Å²) in [6, 6.07) is 1.28. The topological polar surface area (TPSA) is 45.2 Å². The van der Waals surface area contributed by atoms with E-state index in [1.807, 2.05) is 11.8 Å². The summed E-state index contributed by atoms with van der Waals surface area (Å²) in [5.41, 5.74) is 0.343. The van der Waals surface area contributed by atoms with Crippen molar-refractivity contribution in [2.75, 3.05) is 25.0 Å². The first-order valence-electron chi connectivity index (χ1n) is 7.34. The maximum atomic E-state index is 13.4. The number of halogens is 1. The van der Waals surface area contributed by atoms with Crippen molar-refractivity contribution in [2.45, 2.75) is 33.1 Å². The number of pyridine rings is 1. The molecular formula is C15H22FN3O. The minimum Gasteiger partial charge on any atom is -0.369 e. The van der Waals surface area contributed by atoms with Gasteiger partial charge in [0.2, 0.25) is 0 Å². The van der Waals surface area contributed by atoms with Crippen LogP contribution in [0.5, 0.6) is 0 Å². The van der Waals surface area contributed by atoms with Gasteiger partial charge < -0.3 is 10.2 Å². The molecule has 1 atom stereocenters. The summed E-state index contributed by atoms with van der Waals surface area (Å²) in [7, 11) is 0. The van der Waals surface area contributed by atoms with Crippen LogP contribution in [0.3, 0.4) is 0 Å². The van der Waals surface area contributed by atoms with Crippen LogP contribution < -0.4 is 5.32 Å². The molecule has 4 nitrogen and oxygen atoms in total. The van der Waals surface area contributed by atoms with Gasteiger partial charge in [0.15, 0.2) is 0 Å². The van der Waals surface area contributed by atoms with Crippen molar-refractivity contribution in [2.24, 2.45) is 5.92 Å². The lowest BCUT2D eigenvalue weighted by Crippen LogP contribution is -2.29. The van der Waals surface area contributed by atoms with Gasteiger partial charge in [-0.05, 0) is 24.8 Å². The molecule has 1 amide bonds. The Labute approximate surface area is 119 Å². The van der Waals surface area contributed by atoms with Crippen molar-refractivity contribution in [3.8, 4) is 0 Å². The van der Waals surface area contributed by atoms with Crippen LogP contribution in [0.4, 0.5) is 10.2 Å². The van der Waals surface area contributed by atoms with Crippen molar-refractivity contribution in [3.05, 3.63) is 23.6 Å². The third-order valence-corrected chi connectivity index (χ3v) is 3.78. The molecule has 0 spiro atoms. The van der Waals surface area contributed by atoms with Crippen LogP contribution >= 0.6 is 0 Å². The Morgan fingerprint density at radius 1 is 1.55 bits per heavy atom. The van der Waals surface area contributed by atoms with E-state index in [2.05, 4.69) is 17.2 Å². The highest BCUT2D eigenvalue weighted by atomic mass is 19.1. The smallest absolute Gasteiger partial charge is 0.257 e. The van der Waals surface area contributed by atoms with Crippen LogP contribution in [-0.2, 0) is 0 Å². The van der Waals surface area contributed by atoms with Gasteiger partial charge in [0.1, 0.15) is 11.6 Å². The molecule has 1 N–H and O–H groups in total. The van der Waals surface area contributed by atoms with Crippen LogP contribution in [0.2, 0.25) is 0 Å². The molecule has 0 aliphatic carbocycles. The number of amides is 1. The monoisotopic (exact) mass is 279 g/mol. The minimum atomic E-state index is -0.471. The fourth-order valence-corrected chi connectivity index (χ4v) is 2.51. The van der Waals surface area contributed by atoms with Gasteiger partial charge in [0.05, 0.1) is 11.8 Å². The number of hydrogen-bond acceptors (Lipinski definition) is 3. The number of carbonyl (C=O) groups excluding carboxylic acids is 1. The average molecular weight is 279 g/mol. The summed E-state index contributed by atoms with van der Waals surface area (Å²) in [6.07, 6.45) is 4.18. The van der Waals surface area contributed by atoms with E-state index in [0.717, 1.165) is 45.1 Å². The van der Waals surface area contributed by atoms with Gasteiger partial charge in [-0.15, -0.1) is 0 Å². The number of carbonyl (C=O) groups is 1. The summed E-state index contributed by atoms with van der Waals surface area (Å²) >= 11 is 0. The lowest BCUT2D eigenvalue weighted by atomic mass is 10.1. The molecule has 1 aliphatic heterocycles. The normalized spacial score (nSPS) is 18.4. The molecule has 1 aromatic heterocycles. The number of anilines is 1. The van der Waals surface area contributed by atoms with Crippen molar-refractivity contribution < 1.29 is 9.18 Å². The molecule has 0 saturated carbocycles. The highest BCUT2D eigenvalue weighted by Gasteiger charge is 2.27. The second-order valence-corrected chi connectivity index (χ2v) is 5.29. The van der Waals surface area contributed by atoms with Crippen molar-refractivity contribution in [1.82, 2.24) is 9.88 Å². The summed E-state index contributed by atoms with van der Waals surface area (Å²) < 4.78 is 13.4. The Morgan fingerprint density at radius 2 is 2.35 bits per heavy atom. The van der Waals surface area contributed by atoms with E-state index in [-0.39, 0.29) is 5.91 Å². The Balaban J connectivity index is 2.17. The van der Waals surface area contributed by atoms with Crippen molar-refractivity contribution in [1.29, 1.82) is 0 Å². The number of nitrogens with one attached hydrogen (secondary N) is 1. The van der Waals surface area contributed by atoms with E-state index in [9.17, 15) is 9.18 Å². The maximum absolute atomic E-state index is 13.4. The molecule has 1 aliphatic rings.